The number of carbonyl (C=O) groups is 1. The minimum Gasteiger partial charge on any atom is -0.445 e. The van der Waals surface area contributed by atoms with Gasteiger partial charge >= 0.3 is 0 Å². The summed E-state index contributed by atoms with van der Waals surface area (Å²) in [6, 6.07) is 0. The van der Waals surface area contributed by atoms with Crippen molar-refractivity contribution in [3.05, 3.63) is 17.8 Å². The highest BCUT2D eigenvalue weighted by Gasteiger charge is 2.16. The monoisotopic (exact) mass is 239 g/mol. The van der Waals surface area contributed by atoms with Crippen molar-refractivity contribution in [3.8, 4) is 0 Å². The van der Waals surface area contributed by atoms with E-state index >= 15 is 0 Å². The lowest BCUT2D eigenvalue weighted by Gasteiger charge is -2.26. The Kier molecular flexibility index (Phi) is 4.11. The zero-order valence-corrected chi connectivity index (χ0v) is 9.94. The van der Waals surface area contributed by atoms with Gasteiger partial charge in [-0.25, -0.2) is 4.98 Å². The van der Waals surface area contributed by atoms with E-state index in [-0.39, 0.29) is 5.91 Å². The molecular formula is C11H17N3O3. The van der Waals surface area contributed by atoms with Crippen LogP contribution < -0.4 is 5.32 Å². The Balaban J connectivity index is 1.69. The molecule has 1 fully saturated rings. The number of hydrogen-bond donors (Lipinski definition) is 1. The van der Waals surface area contributed by atoms with Gasteiger partial charge in [-0.3, -0.25) is 10.1 Å². The lowest BCUT2D eigenvalue weighted by Crippen LogP contribution is -2.44. The Labute approximate surface area is 99.9 Å². The number of amides is 1. The number of aryl methyl sites for hydroxylation is 1. The Morgan fingerprint density at radius 1 is 1.53 bits per heavy atom. The fourth-order valence-corrected chi connectivity index (χ4v) is 1.68. The van der Waals surface area contributed by atoms with Gasteiger partial charge < -0.3 is 14.1 Å². The summed E-state index contributed by atoms with van der Waals surface area (Å²) in [4.78, 5) is 17.6. The second-order valence-electron chi connectivity index (χ2n) is 3.96. The third-order valence-electron chi connectivity index (χ3n) is 2.59. The van der Waals surface area contributed by atoms with Gasteiger partial charge in [0.05, 0.1) is 32.5 Å². The highest BCUT2D eigenvalue weighted by molar-refractivity contribution is 5.78. The van der Waals surface area contributed by atoms with Crippen molar-refractivity contribution in [2.75, 3.05) is 32.8 Å². The number of oxazole rings is 1. The molecule has 1 aliphatic heterocycles. The maximum Gasteiger partial charge on any atom is 0.236 e. The normalized spacial score (nSPS) is 16.2. The number of rotatable bonds is 4. The Morgan fingerprint density at radius 2 is 2.29 bits per heavy atom. The molecule has 0 radical (unpaired) electrons. The highest BCUT2D eigenvalue weighted by Crippen LogP contribution is 2.01. The van der Waals surface area contributed by atoms with Gasteiger partial charge in [-0.2, -0.15) is 0 Å². The van der Waals surface area contributed by atoms with Crippen LogP contribution in [-0.4, -0.2) is 48.6 Å². The molecule has 1 amide bonds. The zero-order chi connectivity index (χ0) is 12.1. The van der Waals surface area contributed by atoms with Gasteiger partial charge in [0.1, 0.15) is 5.76 Å². The van der Waals surface area contributed by atoms with E-state index in [0.29, 0.717) is 45.3 Å². The second-order valence-corrected chi connectivity index (χ2v) is 3.96. The molecule has 0 bridgehead atoms. The third kappa shape index (κ3) is 3.54. The van der Waals surface area contributed by atoms with Crippen molar-refractivity contribution < 1.29 is 13.9 Å². The van der Waals surface area contributed by atoms with Gasteiger partial charge in [0.25, 0.3) is 0 Å². The Bertz CT molecular complexity index is 372. The standard InChI is InChI=1S/C11H17N3O3/c1-9-6-13-10(17-9)7-12-8-11(15)14-2-4-16-5-3-14/h6,12H,2-5,7-8H2,1H3. The molecule has 2 rings (SSSR count). The van der Waals surface area contributed by atoms with E-state index in [1.807, 2.05) is 6.92 Å². The second kappa shape index (κ2) is 5.79. The summed E-state index contributed by atoms with van der Waals surface area (Å²) < 4.78 is 10.5. The number of morpholine rings is 1. The molecule has 1 aromatic rings. The number of aromatic nitrogens is 1. The molecule has 0 aliphatic carbocycles. The van der Waals surface area contributed by atoms with Crippen molar-refractivity contribution in [1.29, 1.82) is 0 Å². The van der Waals surface area contributed by atoms with E-state index in [1.54, 1.807) is 11.1 Å². The summed E-state index contributed by atoms with van der Waals surface area (Å²) >= 11 is 0. The topological polar surface area (TPSA) is 67.6 Å². The molecule has 1 aromatic heterocycles. The van der Waals surface area contributed by atoms with Crippen LogP contribution in [0.15, 0.2) is 10.6 Å². The van der Waals surface area contributed by atoms with Crippen LogP contribution in [0.2, 0.25) is 0 Å². The molecule has 0 aromatic carbocycles. The summed E-state index contributed by atoms with van der Waals surface area (Å²) in [7, 11) is 0. The van der Waals surface area contributed by atoms with Crippen LogP contribution in [0.25, 0.3) is 0 Å². The summed E-state index contributed by atoms with van der Waals surface area (Å²) in [5, 5.41) is 3.02. The van der Waals surface area contributed by atoms with Crippen LogP contribution in [0.4, 0.5) is 0 Å². The number of carbonyl (C=O) groups excluding carboxylic acids is 1. The maximum atomic E-state index is 11.8. The van der Waals surface area contributed by atoms with Gasteiger partial charge in [0.2, 0.25) is 11.8 Å². The van der Waals surface area contributed by atoms with Crippen LogP contribution in [0.5, 0.6) is 0 Å². The predicted molar refractivity (Wildman–Crippen MR) is 60.3 cm³/mol. The molecule has 94 valence electrons. The molecule has 0 atom stereocenters. The summed E-state index contributed by atoms with van der Waals surface area (Å²) in [5.41, 5.74) is 0. The van der Waals surface area contributed by atoms with Gasteiger partial charge in [-0.05, 0) is 6.92 Å². The van der Waals surface area contributed by atoms with Crippen molar-refractivity contribution in [3.63, 3.8) is 0 Å². The summed E-state index contributed by atoms with van der Waals surface area (Å²) in [6.45, 7) is 5.24. The molecule has 6 heteroatoms. The van der Waals surface area contributed by atoms with Gasteiger partial charge in [0.15, 0.2) is 0 Å². The molecule has 1 saturated heterocycles. The SMILES string of the molecule is Cc1cnc(CNCC(=O)N2CCOCC2)o1. The van der Waals surface area contributed by atoms with E-state index in [9.17, 15) is 4.79 Å². The first-order valence-electron chi connectivity index (χ1n) is 5.73. The van der Waals surface area contributed by atoms with Gasteiger partial charge in [0, 0.05) is 13.1 Å². The average Bonchev–Trinajstić information content (AvgIpc) is 2.76. The molecular weight excluding hydrogens is 222 g/mol. The third-order valence-corrected chi connectivity index (χ3v) is 2.59. The average molecular weight is 239 g/mol. The van der Waals surface area contributed by atoms with E-state index in [2.05, 4.69) is 10.3 Å². The molecule has 0 saturated carbocycles. The number of nitrogens with zero attached hydrogens (tertiary/aromatic N) is 2. The lowest BCUT2D eigenvalue weighted by atomic mass is 10.4. The van der Waals surface area contributed by atoms with Crippen LogP contribution >= 0.6 is 0 Å². The minimum atomic E-state index is 0.0941. The fraction of sp³-hybridized carbons (Fsp3) is 0.636. The number of ether oxygens (including phenoxy) is 1. The molecule has 0 unspecified atom stereocenters. The molecule has 1 aliphatic rings. The summed E-state index contributed by atoms with van der Waals surface area (Å²) in [5.74, 6) is 1.48. The first-order valence-corrected chi connectivity index (χ1v) is 5.73. The van der Waals surface area contributed by atoms with Crippen LogP contribution in [-0.2, 0) is 16.1 Å². The first-order chi connectivity index (χ1) is 8.25. The predicted octanol–water partition coefficient (Wildman–Crippen LogP) is -0.0686. The van der Waals surface area contributed by atoms with Crippen molar-refractivity contribution >= 4 is 5.91 Å². The molecule has 2 heterocycles. The molecule has 17 heavy (non-hydrogen) atoms. The lowest BCUT2D eigenvalue weighted by molar-refractivity contribution is -0.134. The fourth-order valence-electron chi connectivity index (χ4n) is 1.68. The molecule has 1 N–H and O–H groups in total. The van der Waals surface area contributed by atoms with Crippen LogP contribution in [0.3, 0.4) is 0 Å². The highest BCUT2D eigenvalue weighted by atomic mass is 16.5. The molecule has 6 nitrogen and oxygen atoms in total. The van der Waals surface area contributed by atoms with E-state index in [4.69, 9.17) is 9.15 Å². The van der Waals surface area contributed by atoms with Gasteiger partial charge in [-0.15, -0.1) is 0 Å². The van der Waals surface area contributed by atoms with Crippen LogP contribution in [0, 0.1) is 6.92 Å². The first kappa shape index (κ1) is 12.1. The van der Waals surface area contributed by atoms with E-state index in [0.717, 1.165) is 5.76 Å². The number of nitrogens with one attached hydrogen (secondary N) is 1. The molecule has 0 spiro atoms. The largest absolute Gasteiger partial charge is 0.445 e. The van der Waals surface area contributed by atoms with Crippen molar-refractivity contribution in [2.24, 2.45) is 0 Å². The Hall–Kier alpha value is -1.40. The number of hydrogen-bond acceptors (Lipinski definition) is 5. The summed E-state index contributed by atoms with van der Waals surface area (Å²) in [6.07, 6.45) is 1.67. The smallest absolute Gasteiger partial charge is 0.236 e. The van der Waals surface area contributed by atoms with E-state index in [1.165, 1.54) is 0 Å². The van der Waals surface area contributed by atoms with Crippen molar-refractivity contribution in [2.45, 2.75) is 13.5 Å². The maximum absolute atomic E-state index is 11.8. The van der Waals surface area contributed by atoms with Gasteiger partial charge in [-0.1, -0.05) is 0 Å². The zero-order valence-electron chi connectivity index (χ0n) is 9.94. The van der Waals surface area contributed by atoms with Crippen LogP contribution in [0.1, 0.15) is 11.7 Å². The van der Waals surface area contributed by atoms with E-state index < -0.39 is 0 Å². The quantitative estimate of drug-likeness (QED) is 0.796. The Morgan fingerprint density at radius 3 is 2.94 bits per heavy atom. The van der Waals surface area contributed by atoms with Crippen molar-refractivity contribution in [1.82, 2.24) is 15.2 Å². The minimum absolute atomic E-state index is 0.0941.